The number of amides is 1. The lowest BCUT2D eigenvalue weighted by atomic mass is 9.71. The first-order valence-electron chi connectivity index (χ1n) is 7.49. The zero-order valence-corrected chi connectivity index (χ0v) is 12.7. The largest absolute Gasteiger partial charge is 0.384 e. The van der Waals surface area contributed by atoms with Gasteiger partial charge in [-0.05, 0) is 18.6 Å². The highest BCUT2D eigenvalue weighted by Gasteiger charge is 2.56. The highest BCUT2D eigenvalue weighted by molar-refractivity contribution is 6.12. The van der Waals surface area contributed by atoms with Gasteiger partial charge in [-0.15, -0.1) is 0 Å². The number of nitriles is 1. The Bertz CT molecular complexity index is 904. The number of fused-ring (bicyclic) bond motifs is 3. The third kappa shape index (κ3) is 1.46. The van der Waals surface area contributed by atoms with Gasteiger partial charge in [0.05, 0.1) is 5.57 Å². The number of hydrogen-bond acceptors (Lipinski definition) is 4. The van der Waals surface area contributed by atoms with Crippen molar-refractivity contribution in [3.8, 4) is 6.07 Å². The molecule has 114 valence electrons. The summed E-state index contributed by atoms with van der Waals surface area (Å²) in [5, 5.41) is 9.76. The van der Waals surface area contributed by atoms with Crippen LogP contribution in [0, 0.1) is 11.3 Å². The van der Waals surface area contributed by atoms with E-state index in [1.165, 1.54) is 0 Å². The predicted molar refractivity (Wildman–Crippen MR) is 85.1 cm³/mol. The van der Waals surface area contributed by atoms with Crippen molar-refractivity contribution < 1.29 is 4.79 Å². The first kappa shape index (κ1) is 13.6. The van der Waals surface area contributed by atoms with Crippen LogP contribution in [0.5, 0.6) is 0 Å². The number of rotatable bonds is 1. The molecule has 1 aromatic heterocycles. The summed E-state index contributed by atoms with van der Waals surface area (Å²) < 4.78 is 1.69. The van der Waals surface area contributed by atoms with Gasteiger partial charge in [0.15, 0.2) is 0 Å². The second kappa shape index (κ2) is 4.46. The molecule has 1 unspecified atom stereocenters. The lowest BCUT2D eigenvalue weighted by Gasteiger charge is -2.33. The summed E-state index contributed by atoms with van der Waals surface area (Å²) in [6.07, 6.45) is 3.70. The molecular formula is C17H15N5O. The Balaban J connectivity index is 2.07. The molecule has 0 saturated carbocycles. The van der Waals surface area contributed by atoms with E-state index in [-0.39, 0.29) is 11.7 Å². The van der Waals surface area contributed by atoms with Gasteiger partial charge in [0.25, 0.3) is 0 Å². The molecule has 3 heterocycles. The van der Waals surface area contributed by atoms with Crippen LogP contribution in [0.25, 0.3) is 5.82 Å². The minimum Gasteiger partial charge on any atom is -0.384 e. The number of aromatic nitrogens is 2. The summed E-state index contributed by atoms with van der Waals surface area (Å²) in [5.41, 5.74) is 7.14. The Morgan fingerprint density at radius 2 is 2.22 bits per heavy atom. The summed E-state index contributed by atoms with van der Waals surface area (Å²) >= 11 is 0. The molecule has 1 atom stereocenters. The highest BCUT2D eigenvalue weighted by Crippen LogP contribution is 2.50. The van der Waals surface area contributed by atoms with Crippen molar-refractivity contribution in [1.82, 2.24) is 9.55 Å². The lowest BCUT2D eigenvalue weighted by molar-refractivity contribution is -0.121. The van der Waals surface area contributed by atoms with Crippen LogP contribution < -0.4 is 10.6 Å². The number of para-hydroxylation sites is 1. The number of carbonyl (C=O) groups is 1. The third-order valence-corrected chi connectivity index (χ3v) is 4.78. The Kier molecular flexibility index (Phi) is 2.64. The SMILES string of the molecule is CCN1C(=O)C2(Cc3nccn3C(N)=C2C#N)c2ccccc21. The van der Waals surface area contributed by atoms with E-state index in [2.05, 4.69) is 11.1 Å². The van der Waals surface area contributed by atoms with Gasteiger partial charge in [-0.2, -0.15) is 5.26 Å². The summed E-state index contributed by atoms with van der Waals surface area (Å²) in [5.74, 6) is 0.880. The molecule has 6 nitrogen and oxygen atoms in total. The fourth-order valence-electron chi connectivity index (χ4n) is 3.75. The normalized spacial score (nSPS) is 22.3. The molecule has 0 fully saturated rings. The van der Waals surface area contributed by atoms with Crippen molar-refractivity contribution in [2.45, 2.75) is 18.8 Å². The van der Waals surface area contributed by atoms with Crippen LogP contribution in [-0.2, 0) is 16.6 Å². The van der Waals surface area contributed by atoms with Gasteiger partial charge in [-0.3, -0.25) is 9.36 Å². The molecule has 2 aromatic rings. The quantitative estimate of drug-likeness (QED) is 0.862. The number of nitrogens with zero attached hydrogens (tertiary/aromatic N) is 4. The maximum Gasteiger partial charge on any atom is 0.243 e. The molecule has 0 saturated heterocycles. The van der Waals surface area contributed by atoms with Gasteiger partial charge in [-0.25, -0.2) is 4.98 Å². The lowest BCUT2D eigenvalue weighted by Crippen LogP contribution is -2.46. The molecule has 23 heavy (non-hydrogen) atoms. The van der Waals surface area contributed by atoms with Crippen molar-refractivity contribution in [2.24, 2.45) is 5.73 Å². The first-order valence-corrected chi connectivity index (χ1v) is 7.49. The van der Waals surface area contributed by atoms with E-state index >= 15 is 0 Å². The van der Waals surface area contributed by atoms with Crippen molar-refractivity contribution in [2.75, 3.05) is 11.4 Å². The smallest absolute Gasteiger partial charge is 0.243 e. The van der Waals surface area contributed by atoms with Crippen molar-refractivity contribution >= 4 is 17.4 Å². The van der Waals surface area contributed by atoms with Gasteiger partial charge in [0, 0.05) is 31.0 Å². The number of anilines is 1. The van der Waals surface area contributed by atoms with Gasteiger partial charge < -0.3 is 10.6 Å². The van der Waals surface area contributed by atoms with E-state index in [0.717, 1.165) is 11.3 Å². The molecular weight excluding hydrogens is 290 g/mol. The van der Waals surface area contributed by atoms with Crippen molar-refractivity contribution in [1.29, 1.82) is 5.26 Å². The van der Waals surface area contributed by atoms with Crippen LogP contribution in [0.2, 0.25) is 0 Å². The predicted octanol–water partition coefficient (Wildman–Crippen LogP) is 1.39. The Labute approximate surface area is 133 Å². The number of imidazole rings is 1. The first-order chi connectivity index (χ1) is 11.1. The van der Waals surface area contributed by atoms with E-state index in [9.17, 15) is 10.1 Å². The monoisotopic (exact) mass is 305 g/mol. The molecule has 2 aliphatic heterocycles. The maximum absolute atomic E-state index is 13.3. The van der Waals surface area contributed by atoms with E-state index in [1.54, 1.807) is 21.9 Å². The standard InChI is InChI=1S/C17H15N5O/c1-2-21-13-6-4-3-5-11(13)17(16(21)23)9-14-20-7-8-22(14)15(19)12(17)10-18/h3-8H,2,9,19H2,1H3. The van der Waals surface area contributed by atoms with Gasteiger partial charge >= 0.3 is 0 Å². The minimum atomic E-state index is -1.06. The van der Waals surface area contributed by atoms with Crippen LogP contribution in [-0.4, -0.2) is 22.0 Å². The number of carbonyl (C=O) groups excluding carboxylic acids is 1. The summed E-state index contributed by atoms with van der Waals surface area (Å²) in [4.78, 5) is 19.3. The topological polar surface area (TPSA) is 87.9 Å². The Morgan fingerprint density at radius 1 is 1.43 bits per heavy atom. The van der Waals surface area contributed by atoms with E-state index in [1.807, 2.05) is 31.2 Å². The number of nitrogens with two attached hydrogens (primary N) is 1. The van der Waals surface area contributed by atoms with Crippen LogP contribution in [0.4, 0.5) is 5.69 Å². The average Bonchev–Trinajstić information content (AvgIpc) is 3.11. The van der Waals surface area contributed by atoms with Crippen LogP contribution in [0.15, 0.2) is 42.2 Å². The van der Waals surface area contributed by atoms with Crippen molar-refractivity contribution in [3.05, 3.63) is 53.6 Å². The minimum absolute atomic E-state index is 0.102. The second-order valence-corrected chi connectivity index (χ2v) is 5.73. The van der Waals surface area contributed by atoms with E-state index < -0.39 is 5.41 Å². The summed E-state index contributed by atoms with van der Waals surface area (Å²) in [6, 6.07) is 9.80. The Hall–Kier alpha value is -3.07. The second-order valence-electron chi connectivity index (χ2n) is 5.73. The molecule has 2 aliphatic rings. The highest BCUT2D eigenvalue weighted by atomic mass is 16.2. The maximum atomic E-state index is 13.3. The average molecular weight is 305 g/mol. The molecule has 0 aliphatic carbocycles. The van der Waals surface area contributed by atoms with E-state index in [0.29, 0.717) is 24.4 Å². The summed E-state index contributed by atoms with van der Waals surface area (Å²) in [6.45, 7) is 2.47. The van der Waals surface area contributed by atoms with Crippen LogP contribution >= 0.6 is 0 Å². The van der Waals surface area contributed by atoms with E-state index in [4.69, 9.17) is 5.73 Å². The van der Waals surface area contributed by atoms with Gasteiger partial charge in [0.1, 0.15) is 23.1 Å². The van der Waals surface area contributed by atoms with Gasteiger partial charge in [-0.1, -0.05) is 18.2 Å². The van der Waals surface area contributed by atoms with Gasteiger partial charge in [0.2, 0.25) is 5.91 Å². The van der Waals surface area contributed by atoms with Crippen molar-refractivity contribution in [3.63, 3.8) is 0 Å². The molecule has 1 aromatic carbocycles. The molecule has 1 amide bonds. The Morgan fingerprint density at radius 3 is 2.96 bits per heavy atom. The number of hydrogen-bond donors (Lipinski definition) is 1. The summed E-state index contributed by atoms with van der Waals surface area (Å²) in [7, 11) is 0. The molecule has 2 N–H and O–H groups in total. The fraction of sp³-hybridized carbons (Fsp3) is 0.235. The zero-order valence-electron chi connectivity index (χ0n) is 12.7. The number of benzene rings is 1. The molecule has 1 spiro atoms. The molecule has 6 heteroatoms. The molecule has 0 radical (unpaired) electrons. The third-order valence-electron chi connectivity index (χ3n) is 4.78. The van der Waals surface area contributed by atoms with Crippen LogP contribution in [0.1, 0.15) is 18.3 Å². The zero-order chi connectivity index (χ0) is 16.2. The molecule has 4 rings (SSSR count). The number of likely N-dealkylation sites (N-methyl/N-ethyl adjacent to an activating group) is 1. The van der Waals surface area contributed by atoms with Crippen LogP contribution in [0.3, 0.4) is 0 Å². The fourth-order valence-corrected chi connectivity index (χ4v) is 3.75. The molecule has 0 bridgehead atoms.